The van der Waals surface area contributed by atoms with Crippen LogP contribution in [0, 0.1) is 0 Å². The van der Waals surface area contributed by atoms with Crippen LogP contribution >= 0.6 is 0 Å². The van der Waals surface area contributed by atoms with Crippen molar-refractivity contribution in [2.45, 2.75) is 37.6 Å². The Morgan fingerprint density at radius 1 is 1.04 bits per heavy atom. The summed E-state index contributed by atoms with van der Waals surface area (Å²) in [6.45, 7) is 0.792. The minimum atomic E-state index is -0.237. The smallest absolute Gasteiger partial charge is 0.251 e. The number of carbonyl (C=O) groups is 2. The summed E-state index contributed by atoms with van der Waals surface area (Å²) < 4.78 is 0. The average Bonchev–Trinajstić information content (AvgIpc) is 3.10. The van der Waals surface area contributed by atoms with Crippen LogP contribution in [0.3, 0.4) is 0 Å². The van der Waals surface area contributed by atoms with Crippen LogP contribution in [0.1, 0.15) is 42.5 Å². The van der Waals surface area contributed by atoms with Crippen LogP contribution < -0.4 is 16.4 Å². The van der Waals surface area contributed by atoms with Gasteiger partial charge in [-0.25, -0.2) is 0 Å². The zero-order valence-electron chi connectivity index (χ0n) is 14.4. The number of rotatable bonds is 6. The minimum Gasteiger partial charge on any atom is -0.352 e. The molecule has 1 saturated carbocycles. The molecule has 0 atom stereocenters. The maximum Gasteiger partial charge on any atom is 0.251 e. The van der Waals surface area contributed by atoms with Gasteiger partial charge in [0.05, 0.1) is 5.54 Å². The molecule has 5 nitrogen and oxygen atoms in total. The van der Waals surface area contributed by atoms with Gasteiger partial charge in [-0.15, -0.1) is 0 Å². The third kappa shape index (κ3) is 4.17. The molecule has 0 heterocycles. The van der Waals surface area contributed by atoms with Gasteiger partial charge in [0.1, 0.15) is 0 Å². The SMILES string of the molecule is NCC1(NC(=O)CCNC(=O)c2ccc3ccccc3c2)CCCC1. The molecule has 132 valence electrons. The van der Waals surface area contributed by atoms with Crippen LogP contribution in [0.2, 0.25) is 0 Å². The molecule has 1 aliphatic rings. The van der Waals surface area contributed by atoms with Crippen molar-refractivity contribution >= 4 is 22.6 Å². The fourth-order valence-corrected chi connectivity index (χ4v) is 3.51. The molecule has 0 bridgehead atoms. The van der Waals surface area contributed by atoms with Crippen molar-refractivity contribution in [2.75, 3.05) is 13.1 Å². The molecule has 25 heavy (non-hydrogen) atoms. The van der Waals surface area contributed by atoms with Crippen molar-refractivity contribution in [1.29, 1.82) is 0 Å². The van der Waals surface area contributed by atoms with Gasteiger partial charge in [-0.3, -0.25) is 9.59 Å². The highest BCUT2D eigenvalue weighted by atomic mass is 16.2. The van der Waals surface area contributed by atoms with Crippen LogP contribution in [0.15, 0.2) is 42.5 Å². The first kappa shape index (κ1) is 17.4. The van der Waals surface area contributed by atoms with Crippen molar-refractivity contribution < 1.29 is 9.59 Å². The first-order valence-electron chi connectivity index (χ1n) is 8.90. The van der Waals surface area contributed by atoms with E-state index in [1.165, 1.54) is 0 Å². The van der Waals surface area contributed by atoms with Gasteiger partial charge < -0.3 is 16.4 Å². The molecular formula is C20H25N3O2. The molecule has 2 aromatic carbocycles. The number of hydrogen-bond donors (Lipinski definition) is 3. The summed E-state index contributed by atoms with van der Waals surface area (Å²) in [5, 5.41) is 8.01. The van der Waals surface area contributed by atoms with Crippen LogP contribution in [0.25, 0.3) is 10.8 Å². The first-order valence-corrected chi connectivity index (χ1v) is 8.90. The number of hydrogen-bond acceptors (Lipinski definition) is 3. The van der Waals surface area contributed by atoms with Gasteiger partial charge in [0.15, 0.2) is 0 Å². The van der Waals surface area contributed by atoms with Crippen molar-refractivity contribution in [3.63, 3.8) is 0 Å². The Morgan fingerprint density at radius 2 is 1.76 bits per heavy atom. The predicted octanol–water partition coefficient (Wildman–Crippen LogP) is 2.35. The topological polar surface area (TPSA) is 84.2 Å². The maximum absolute atomic E-state index is 12.3. The van der Waals surface area contributed by atoms with E-state index in [1.54, 1.807) is 6.07 Å². The Balaban J connectivity index is 1.50. The minimum absolute atomic E-state index is 0.0499. The molecule has 3 rings (SSSR count). The molecule has 0 aromatic heterocycles. The van der Waals surface area contributed by atoms with E-state index in [2.05, 4.69) is 10.6 Å². The van der Waals surface area contributed by atoms with Gasteiger partial charge in [0.2, 0.25) is 5.91 Å². The number of nitrogens with one attached hydrogen (secondary N) is 2. The van der Waals surface area contributed by atoms with E-state index < -0.39 is 0 Å². The standard InChI is InChI=1S/C20H25N3O2/c21-14-20(10-3-4-11-20)23-18(24)9-12-22-19(25)17-8-7-15-5-1-2-6-16(15)13-17/h1-2,5-8,13H,3-4,9-12,14,21H2,(H,22,25)(H,23,24). The fraction of sp³-hybridized carbons (Fsp3) is 0.400. The molecule has 0 radical (unpaired) electrons. The quantitative estimate of drug-likeness (QED) is 0.755. The van der Waals surface area contributed by atoms with E-state index in [0.717, 1.165) is 36.5 Å². The van der Waals surface area contributed by atoms with E-state index in [0.29, 0.717) is 18.7 Å². The molecule has 2 aromatic rings. The molecule has 5 heteroatoms. The van der Waals surface area contributed by atoms with Gasteiger partial charge in [-0.05, 0) is 35.7 Å². The normalized spacial score (nSPS) is 15.9. The summed E-state index contributed by atoms with van der Waals surface area (Å²) in [5.74, 6) is -0.209. The van der Waals surface area contributed by atoms with Crippen molar-refractivity contribution in [3.05, 3.63) is 48.0 Å². The van der Waals surface area contributed by atoms with Gasteiger partial charge in [-0.1, -0.05) is 43.2 Å². The predicted molar refractivity (Wildman–Crippen MR) is 99.3 cm³/mol. The monoisotopic (exact) mass is 339 g/mol. The van der Waals surface area contributed by atoms with Crippen molar-refractivity contribution in [1.82, 2.24) is 10.6 Å². The zero-order chi connectivity index (χ0) is 17.7. The molecule has 1 aliphatic carbocycles. The number of fused-ring (bicyclic) bond motifs is 1. The van der Waals surface area contributed by atoms with E-state index in [1.807, 2.05) is 36.4 Å². The average molecular weight is 339 g/mol. The summed E-state index contributed by atoms with van der Waals surface area (Å²) >= 11 is 0. The summed E-state index contributed by atoms with van der Waals surface area (Å²) in [6, 6.07) is 13.5. The molecule has 1 fully saturated rings. The molecule has 4 N–H and O–H groups in total. The molecule has 0 spiro atoms. The third-order valence-electron chi connectivity index (χ3n) is 5.01. The second-order valence-electron chi connectivity index (χ2n) is 6.81. The van der Waals surface area contributed by atoms with E-state index >= 15 is 0 Å². The summed E-state index contributed by atoms with van der Waals surface area (Å²) in [6.07, 6.45) is 4.37. The fourth-order valence-electron chi connectivity index (χ4n) is 3.51. The lowest BCUT2D eigenvalue weighted by atomic mass is 9.97. The Labute approximate surface area is 148 Å². The summed E-state index contributed by atoms with van der Waals surface area (Å²) in [7, 11) is 0. The largest absolute Gasteiger partial charge is 0.352 e. The van der Waals surface area contributed by atoms with Crippen LogP contribution in [-0.2, 0) is 4.79 Å². The lowest BCUT2D eigenvalue weighted by Crippen LogP contribution is -2.52. The first-order chi connectivity index (χ1) is 12.1. The Bertz CT molecular complexity index is 766. The van der Waals surface area contributed by atoms with E-state index in [4.69, 9.17) is 5.73 Å². The highest BCUT2D eigenvalue weighted by Gasteiger charge is 2.33. The number of amides is 2. The molecule has 2 amide bonds. The maximum atomic E-state index is 12.3. The van der Waals surface area contributed by atoms with Crippen LogP contribution in [0.5, 0.6) is 0 Å². The van der Waals surface area contributed by atoms with E-state index in [-0.39, 0.29) is 23.8 Å². The van der Waals surface area contributed by atoms with E-state index in [9.17, 15) is 9.59 Å². The Kier molecular flexibility index (Phi) is 5.34. The zero-order valence-corrected chi connectivity index (χ0v) is 14.4. The Hall–Kier alpha value is -2.40. The third-order valence-corrected chi connectivity index (χ3v) is 5.01. The molecule has 0 unspecified atom stereocenters. The highest BCUT2D eigenvalue weighted by Crippen LogP contribution is 2.28. The van der Waals surface area contributed by atoms with Crippen LogP contribution in [0.4, 0.5) is 0 Å². The number of carbonyl (C=O) groups excluding carboxylic acids is 2. The lowest BCUT2D eigenvalue weighted by molar-refractivity contribution is -0.122. The summed E-state index contributed by atoms with van der Waals surface area (Å²) in [4.78, 5) is 24.4. The van der Waals surface area contributed by atoms with Gasteiger partial charge in [-0.2, -0.15) is 0 Å². The number of nitrogens with two attached hydrogens (primary N) is 1. The number of benzene rings is 2. The summed E-state index contributed by atoms with van der Waals surface area (Å²) in [5.41, 5.74) is 6.20. The van der Waals surface area contributed by atoms with Gasteiger partial charge >= 0.3 is 0 Å². The Morgan fingerprint density at radius 3 is 2.48 bits per heavy atom. The lowest BCUT2D eigenvalue weighted by Gasteiger charge is -2.28. The van der Waals surface area contributed by atoms with Crippen molar-refractivity contribution in [3.8, 4) is 0 Å². The van der Waals surface area contributed by atoms with Crippen molar-refractivity contribution in [2.24, 2.45) is 5.73 Å². The molecular weight excluding hydrogens is 314 g/mol. The second kappa shape index (κ2) is 7.66. The van der Waals surface area contributed by atoms with Gasteiger partial charge in [0, 0.05) is 25.1 Å². The van der Waals surface area contributed by atoms with Gasteiger partial charge in [0.25, 0.3) is 5.91 Å². The van der Waals surface area contributed by atoms with Crippen LogP contribution in [-0.4, -0.2) is 30.4 Å². The second-order valence-corrected chi connectivity index (χ2v) is 6.81. The highest BCUT2D eigenvalue weighted by molar-refractivity contribution is 5.98. The molecule has 0 aliphatic heterocycles. The molecule has 0 saturated heterocycles.